The monoisotopic (exact) mass is 313 g/mol. The second kappa shape index (κ2) is 22.5. The van der Waals surface area contributed by atoms with E-state index in [1.807, 2.05) is 0 Å². The second-order valence-electron chi connectivity index (χ2n) is 0. The topological polar surface area (TPSA) is 0 Å². The first kappa shape index (κ1) is 30.5. The first-order chi connectivity index (χ1) is 0. The van der Waals surface area contributed by atoms with Crippen LogP contribution in [0.5, 0.6) is 0 Å². The third-order valence-corrected chi connectivity index (χ3v) is 0. The van der Waals surface area contributed by atoms with Crippen molar-refractivity contribution >= 4 is 169 Å². The summed E-state index contributed by atoms with van der Waals surface area (Å²) in [5.74, 6) is 0. The molecule has 0 amide bonds. The maximum absolute atomic E-state index is 0. The normalized spacial score (nSPS) is 0. The van der Waals surface area contributed by atoms with Crippen molar-refractivity contribution in [1.29, 1.82) is 0 Å². The summed E-state index contributed by atoms with van der Waals surface area (Å²) >= 11 is 0. The second-order valence-corrected chi connectivity index (χ2v) is 0. The van der Waals surface area contributed by atoms with Crippen LogP contribution >= 0.6 is 0 Å². The Hall–Kier alpha value is 6.03. The first-order valence-electron chi connectivity index (χ1n) is 0. The molecule has 0 saturated carbocycles. The average Bonchev–Trinajstić information content (AvgIpc) is 0. The molecule has 0 aromatic heterocycles. The van der Waals surface area contributed by atoms with Gasteiger partial charge < -0.3 is 0 Å². The molecule has 0 atom stereocenters. The van der Waals surface area contributed by atoms with Crippen LogP contribution < -0.4 is 0 Å². The van der Waals surface area contributed by atoms with Crippen LogP contribution in [-0.2, 0) is 22.4 Å². The molecule has 0 N–H and O–H groups in total. The van der Waals surface area contributed by atoms with Crippen LogP contribution in [0, 0.1) is 0 Å². The summed E-state index contributed by atoms with van der Waals surface area (Å²) in [7, 11) is 0. The molecule has 0 unspecified atom stereocenters. The van der Waals surface area contributed by atoms with Crippen molar-refractivity contribution in [3.8, 4) is 0 Å². The minimum atomic E-state index is 0. The van der Waals surface area contributed by atoms with Gasteiger partial charge in [-0.15, -0.1) is 0 Å². The molecule has 0 heterocycles. The van der Waals surface area contributed by atoms with E-state index < -0.39 is 0 Å². The van der Waals surface area contributed by atoms with Gasteiger partial charge in [-0.2, -0.15) is 0 Å². The molecule has 0 nitrogen and oxygen atoms in total. The van der Waals surface area contributed by atoms with E-state index in [0.29, 0.717) is 0 Å². The van der Waals surface area contributed by atoms with Gasteiger partial charge in [0.15, 0.2) is 0 Å². The molecule has 0 aromatic rings. The van der Waals surface area contributed by atoms with Gasteiger partial charge in [0.2, 0.25) is 0 Å². The SMILES string of the molecule is [Ag].[CsH].[KH].[LiH].[NaH]. The molecule has 0 aliphatic heterocycles. The molecule has 0 saturated heterocycles. The van der Waals surface area contributed by atoms with Crippen molar-refractivity contribution in [3.05, 3.63) is 0 Å². The van der Waals surface area contributed by atoms with Gasteiger partial charge in [0.1, 0.15) is 0 Å². The molecule has 0 spiro atoms. The van der Waals surface area contributed by atoms with E-state index in [9.17, 15) is 0 Å². The van der Waals surface area contributed by atoms with Gasteiger partial charge in [-0.1, -0.05) is 0 Å². The third-order valence-electron chi connectivity index (χ3n) is 0. The van der Waals surface area contributed by atoms with Gasteiger partial charge in [0, 0.05) is 22.4 Å². The zero-order chi connectivity index (χ0) is 0. The Morgan fingerprint density at radius 3 is 1.00 bits per heavy atom. The van der Waals surface area contributed by atoms with Crippen LogP contribution in [0.15, 0.2) is 0 Å². The van der Waals surface area contributed by atoms with E-state index in [1.165, 1.54) is 0 Å². The van der Waals surface area contributed by atoms with Crippen LogP contribution in [0.1, 0.15) is 0 Å². The van der Waals surface area contributed by atoms with E-state index in [-0.39, 0.29) is 191 Å². The number of hydrogen-bond acceptors (Lipinski definition) is 0. The van der Waals surface area contributed by atoms with Crippen molar-refractivity contribution in [2.24, 2.45) is 0 Å². The zero-order valence-corrected chi connectivity index (χ0v) is 1.78. The van der Waals surface area contributed by atoms with Crippen molar-refractivity contribution in [1.82, 2.24) is 0 Å². The van der Waals surface area contributed by atoms with Crippen molar-refractivity contribution in [2.45, 2.75) is 0 Å². The molecule has 0 rings (SSSR count). The molecule has 1 radical (unpaired) electrons. The molecule has 0 aromatic carbocycles. The number of hydrogen-bond donors (Lipinski definition) is 0. The Bertz CT molecular complexity index is 11.6. The fourth-order valence-corrected chi connectivity index (χ4v) is 0. The van der Waals surface area contributed by atoms with E-state index in [0.717, 1.165) is 0 Å². The van der Waals surface area contributed by atoms with Crippen molar-refractivity contribution < 1.29 is 22.4 Å². The van der Waals surface area contributed by atoms with Crippen LogP contribution in [0.3, 0.4) is 0 Å². The third kappa shape index (κ3) is 17.8. The van der Waals surface area contributed by atoms with Gasteiger partial charge in [-0.25, -0.2) is 0 Å². The first-order valence-corrected chi connectivity index (χ1v) is 0. The summed E-state index contributed by atoms with van der Waals surface area (Å²) < 4.78 is 0. The van der Waals surface area contributed by atoms with E-state index in [4.69, 9.17) is 0 Å². The van der Waals surface area contributed by atoms with E-state index >= 15 is 0 Å². The fraction of sp³-hybridized carbons (Fsp3) is 0. The summed E-state index contributed by atoms with van der Waals surface area (Å²) in [5, 5.41) is 0. The molecule has 0 aliphatic rings. The fourth-order valence-electron chi connectivity index (χ4n) is 0. The number of rotatable bonds is 0. The van der Waals surface area contributed by atoms with Gasteiger partial charge in [0.25, 0.3) is 0 Å². The summed E-state index contributed by atoms with van der Waals surface area (Å²) in [4.78, 5) is 0. The van der Waals surface area contributed by atoms with Crippen molar-refractivity contribution in [3.63, 3.8) is 0 Å². The molecule has 0 fully saturated rings. The predicted octanol–water partition coefficient (Wildman–Crippen LogP) is -2.60. The quantitative estimate of drug-likeness (QED) is 0.431. The van der Waals surface area contributed by atoms with Gasteiger partial charge in [0.05, 0.1) is 0 Å². The van der Waals surface area contributed by atoms with Crippen molar-refractivity contribution in [2.75, 3.05) is 0 Å². The molecule has 0 bridgehead atoms. The predicted molar refractivity (Wildman–Crippen MR) is 28.6 cm³/mol. The van der Waals surface area contributed by atoms with Gasteiger partial charge in [-0.05, 0) is 0 Å². The van der Waals surface area contributed by atoms with Crippen LogP contribution in [-0.4, -0.2) is 169 Å². The van der Waals surface area contributed by atoms with Gasteiger partial charge in [-0.3, -0.25) is 0 Å². The molecular formula is H4AgCsKLiNa. The molecule has 5 heavy (non-hydrogen) atoms. The summed E-state index contributed by atoms with van der Waals surface area (Å²) in [6.07, 6.45) is 0. The Morgan fingerprint density at radius 2 is 1.00 bits per heavy atom. The summed E-state index contributed by atoms with van der Waals surface area (Å²) in [6.45, 7) is 0. The van der Waals surface area contributed by atoms with E-state index in [1.54, 1.807) is 0 Å². The Labute approximate surface area is 184 Å². The Morgan fingerprint density at radius 1 is 1.00 bits per heavy atom. The summed E-state index contributed by atoms with van der Waals surface area (Å²) in [6, 6.07) is 0. The molecule has 0 aliphatic carbocycles. The van der Waals surface area contributed by atoms with Gasteiger partial charge >= 0.3 is 169 Å². The van der Waals surface area contributed by atoms with Crippen LogP contribution in [0.4, 0.5) is 0 Å². The standard InChI is InChI=1S/Ag.Cs.K.Li.Na.4H. The zero-order valence-electron chi connectivity index (χ0n) is 0.302. The summed E-state index contributed by atoms with van der Waals surface area (Å²) in [5.41, 5.74) is 0. The van der Waals surface area contributed by atoms with Crippen LogP contribution in [0.2, 0.25) is 0 Å². The Balaban J connectivity index is 0. The van der Waals surface area contributed by atoms with E-state index in [2.05, 4.69) is 0 Å². The molecule has 5 heteroatoms. The minimum absolute atomic E-state index is 0. The average molecular weight is 314 g/mol. The maximum atomic E-state index is 0. The molecule has 19 valence electrons. The van der Waals surface area contributed by atoms with Crippen LogP contribution in [0.25, 0.3) is 0 Å². The molecular weight excluding hydrogens is 310 g/mol. The Kier molecular flexibility index (Phi) is 137.